The highest BCUT2D eigenvalue weighted by Crippen LogP contribution is 2.20. The minimum Gasteiger partial charge on any atom is -0.372 e. The van der Waals surface area contributed by atoms with Crippen LogP contribution in [0, 0.1) is 5.82 Å². The van der Waals surface area contributed by atoms with Crippen LogP contribution in [-0.4, -0.2) is 12.8 Å². The Morgan fingerprint density at radius 2 is 2.33 bits per heavy atom. The molecule has 0 saturated heterocycles. The van der Waals surface area contributed by atoms with Crippen molar-refractivity contribution in [2.75, 3.05) is 6.54 Å². The van der Waals surface area contributed by atoms with E-state index in [-0.39, 0.29) is 5.82 Å². The molecule has 0 fully saturated rings. The van der Waals surface area contributed by atoms with E-state index in [1.807, 2.05) is 0 Å². The average molecular weight is 248 g/mol. The molecule has 96 valence electrons. The van der Waals surface area contributed by atoms with Gasteiger partial charge in [-0.15, -0.1) is 0 Å². The minimum absolute atomic E-state index is 0.327. The molecular formula is C13H17FN4. The summed E-state index contributed by atoms with van der Waals surface area (Å²) in [6.07, 6.45) is 4.44. The lowest BCUT2D eigenvalue weighted by Crippen LogP contribution is -2.52. The van der Waals surface area contributed by atoms with Crippen molar-refractivity contribution in [2.24, 2.45) is 10.7 Å². The Balaban J connectivity index is 2.18. The molecule has 1 aromatic rings. The zero-order valence-electron chi connectivity index (χ0n) is 10.3. The van der Waals surface area contributed by atoms with E-state index in [4.69, 9.17) is 5.73 Å². The molecule has 0 aliphatic carbocycles. The van der Waals surface area contributed by atoms with Crippen LogP contribution >= 0.6 is 0 Å². The second-order valence-electron chi connectivity index (χ2n) is 4.19. The molecule has 4 nitrogen and oxygen atoms in total. The molecule has 18 heavy (non-hydrogen) atoms. The zero-order chi connectivity index (χ0) is 13.0. The predicted octanol–water partition coefficient (Wildman–Crippen LogP) is 1.41. The first-order valence-corrected chi connectivity index (χ1v) is 5.96. The van der Waals surface area contributed by atoms with Gasteiger partial charge in [-0.25, -0.2) is 9.38 Å². The maximum absolute atomic E-state index is 13.2. The second-order valence-corrected chi connectivity index (χ2v) is 4.19. The van der Waals surface area contributed by atoms with Gasteiger partial charge in [0.1, 0.15) is 11.6 Å². The summed E-state index contributed by atoms with van der Waals surface area (Å²) < 4.78 is 13.2. The molecule has 1 aliphatic rings. The van der Waals surface area contributed by atoms with Gasteiger partial charge in [-0.3, -0.25) is 5.73 Å². The van der Waals surface area contributed by atoms with Crippen molar-refractivity contribution < 1.29 is 4.39 Å². The fourth-order valence-electron chi connectivity index (χ4n) is 1.74. The quantitative estimate of drug-likeness (QED) is 0.755. The van der Waals surface area contributed by atoms with Gasteiger partial charge in [-0.2, -0.15) is 0 Å². The normalized spacial score (nSPS) is 22.3. The van der Waals surface area contributed by atoms with Gasteiger partial charge >= 0.3 is 0 Å². The van der Waals surface area contributed by atoms with Gasteiger partial charge in [0, 0.05) is 18.3 Å². The molecule has 1 unspecified atom stereocenters. The van der Waals surface area contributed by atoms with Crippen LogP contribution < -0.4 is 16.4 Å². The summed E-state index contributed by atoms with van der Waals surface area (Å²) in [6.45, 7) is 2.92. The predicted molar refractivity (Wildman–Crippen MR) is 70.3 cm³/mol. The van der Waals surface area contributed by atoms with E-state index < -0.39 is 5.79 Å². The van der Waals surface area contributed by atoms with E-state index in [1.54, 1.807) is 24.4 Å². The molecule has 1 heterocycles. The minimum atomic E-state index is -1.12. The van der Waals surface area contributed by atoms with E-state index in [9.17, 15) is 4.39 Å². The Hall–Kier alpha value is -1.88. The molecule has 0 spiro atoms. The van der Waals surface area contributed by atoms with Crippen molar-refractivity contribution in [2.45, 2.75) is 19.1 Å². The number of aliphatic imine (C=N–C) groups is 1. The van der Waals surface area contributed by atoms with Crippen LogP contribution in [0.4, 0.5) is 4.39 Å². The van der Waals surface area contributed by atoms with Gasteiger partial charge < -0.3 is 10.6 Å². The molecule has 1 aliphatic heterocycles. The first-order valence-electron chi connectivity index (χ1n) is 5.96. The maximum atomic E-state index is 13.2. The van der Waals surface area contributed by atoms with E-state index >= 15 is 0 Å². The number of nitrogens with one attached hydrogen (secondary N) is 2. The number of rotatable bonds is 4. The SMILES string of the molecule is CCCNC1=CC=NC(N)(c2cccc(F)c2)N1. The summed E-state index contributed by atoms with van der Waals surface area (Å²) in [6, 6.07) is 6.13. The molecular weight excluding hydrogens is 231 g/mol. The highest BCUT2D eigenvalue weighted by atomic mass is 19.1. The third kappa shape index (κ3) is 2.68. The van der Waals surface area contributed by atoms with E-state index in [2.05, 4.69) is 22.5 Å². The lowest BCUT2D eigenvalue weighted by atomic mass is 10.1. The summed E-state index contributed by atoms with van der Waals surface area (Å²) in [5.74, 6) is -0.655. The van der Waals surface area contributed by atoms with Crippen molar-refractivity contribution in [3.8, 4) is 0 Å². The summed E-state index contributed by atoms with van der Waals surface area (Å²) in [5, 5.41) is 6.27. The van der Waals surface area contributed by atoms with Crippen molar-refractivity contribution in [1.29, 1.82) is 0 Å². The first-order chi connectivity index (χ1) is 8.64. The molecule has 0 bridgehead atoms. The van der Waals surface area contributed by atoms with Crippen LogP contribution in [0.25, 0.3) is 0 Å². The Morgan fingerprint density at radius 1 is 1.50 bits per heavy atom. The van der Waals surface area contributed by atoms with Gasteiger partial charge in [-0.1, -0.05) is 19.1 Å². The number of benzene rings is 1. The smallest absolute Gasteiger partial charge is 0.210 e. The monoisotopic (exact) mass is 248 g/mol. The van der Waals surface area contributed by atoms with E-state index in [0.29, 0.717) is 5.56 Å². The Kier molecular flexibility index (Phi) is 3.62. The molecule has 2 rings (SSSR count). The Labute approximate surface area is 106 Å². The number of hydrogen-bond donors (Lipinski definition) is 3. The molecule has 0 amide bonds. The number of nitrogens with zero attached hydrogens (tertiary/aromatic N) is 1. The number of allylic oxidation sites excluding steroid dienone is 1. The molecule has 5 heteroatoms. The van der Waals surface area contributed by atoms with Crippen LogP contribution in [0.15, 0.2) is 41.2 Å². The van der Waals surface area contributed by atoms with Crippen molar-refractivity contribution in [3.63, 3.8) is 0 Å². The molecule has 4 N–H and O–H groups in total. The number of nitrogens with two attached hydrogens (primary N) is 1. The van der Waals surface area contributed by atoms with Crippen molar-refractivity contribution in [1.82, 2.24) is 10.6 Å². The topological polar surface area (TPSA) is 62.4 Å². The van der Waals surface area contributed by atoms with Gasteiger partial charge in [-0.05, 0) is 24.6 Å². The van der Waals surface area contributed by atoms with Crippen molar-refractivity contribution >= 4 is 6.21 Å². The van der Waals surface area contributed by atoms with Crippen LogP contribution in [0.2, 0.25) is 0 Å². The van der Waals surface area contributed by atoms with Gasteiger partial charge in [0.15, 0.2) is 0 Å². The first kappa shape index (κ1) is 12.6. The zero-order valence-corrected chi connectivity index (χ0v) is 10.3. The Morgan fingerprint density at radius 3 is 3.06 bits per heavy atom. The highest BCUT2D eigenvalue weighted by Gasteiger charge is 2.28. The van der Waals surface area contributed by atoms with E-state index in [0.717, 1.165) is 18.8 Å². The largest absolute Gasteiger partial charge is 0.372 e. The third-order valence-electron chi connectivity index (χ3n) is 2.67. The molecule has 0 radical (unpaired) electrons. The molecule has 0 aromatic heterocycles. The molecule has 1 atom stereocenters. The van der Waals surface area contributed by atoms with Gasteiger partial charge in [0.05, 0.1) is 0 Å². The van der Waals surface area contributed by atoms with Gasteiger partial charge in [0.25, 0.3) is 0 Å². The Bertz CT molecular complexity index is 484. The van der Waals surface area contributed by atoms with Crippen LogP contribution in [-0.2, 0) is 5.79 Å². The lowest BCUT2D eigenvalue weighted by molar-refractivity contribution is 0.380. The summed E-state index contributed by atoms with van der Waals surface area (Å²) in [7, 11) is 0. The molecule has 0 saturated carbocycles. The van der Waals surface area contributed by atoms with Crippen LogP contribution in [0.1, 0.15) is 18.9 Å². The fraction of sp³-hybridized carbons (Fsp3) is 0.308. The third-order valence-corrected chi connectivity index (χ3v) is 2.67. The average Bonchev–Trinajstić information content (AvgIpc) is 2.36. The van der Waals surface area contributed by atoms with Crippen LogP contribution in [0.5, 0.6) is 0 Å². The fourth-order valence-corrected chi connectivity index (χ4v) is 1.74. The number of hydrogen-bond acceptors (Lipinski definition) is 4. The van der Waals surface area contributed by atoms with Crippen molar-refractivity contribution in [3.05, 3.63) is 47.5 Å². The highest BCUT2D eigenvalue weighted by molar-refractivity contribution is 5.73. The summed E-state index contributed by atoms with van der Waals surface area (Å²) >= 11 is 0. The van der Waals surface area contributed by atoms with E-state index in [1.165, 1.54) is 12.1 Å². The maximum Gasteiger partial charge on any atom is 0.210 e. The van der Waals surface area contributed by atoms with Gasteiger partial charge in [0.2, 0.25) is 5.79 Å². The molecule has 1 aromatic carbocycles. The van der Waals surface area contributed by atoms with Crippen LogP contribution in [0.3, 0.4) is 0 Å². The lowest BCUT2D eigenvalue weighted by Gasteiger charge is -2.31. The second kappa shape index (κ2) is 5.18. The summed E-state index contributed by atoms with van der Waals surface area (Å²) in [5.41, 5.74) is 6.74. The summed E-state index contributed by atoms with van der Waals surface area (Å²) in [4.78, 5) is 4.19. The number of halogens is 1. The standard InChI is InChI=1S/C13H17FN4/c1-2-7-16-12-6-8-17-13(15,18-12)10-4-3-5-11(14)9-10/h3-6,8-9,16,18H,2,7,15H2,1H3.